The van der Waals surface area contributed by atoms with E-state index < -0.39 is 10.0 Å². The lowest BCUT2D eigenvalue weighted by Gasteiger charge is -2.17. The summed E-state index contributed by atoms with van der Waals surface area (Å²) in [7, 11) is -3.45. The van der Waals surface area contributed by atoms with Crippen molar-refractivity contribution in [3.63, 3.8) is 0 Å². The molecule has 2 rings (SSSR count). The molecule has 0 radical (unpaired) electrons. The van der Waals surface area contributed by atoms with Crippen LogP contribution in [0.2, 0.25) is 0 Å². The number of aromatic nitrogens is 1. The number of nitrogens with zero attached hydrogens (tertiary/aromatic N) is 2. The van der Waals surface area contributed by atoms with Crippen LogP contribution in [0.15, 0.2) is 23.4 Å². The monoisotopic (exact) mass is 255 g/mol. The van der Waals surface area contributed by atoms with Gasteiger partial charge in [0.1, 0.15) is 0 Å². The molecule has 1 aliphatic heterocycles. The summed E-state index contributed by atoms with van der Waals surface area (Å²) in [6.45, 7) is 4.11. The van der Waals surface area contributed by atoms with Crippen LogP contribution in [0, 0.1) is 0 Å². The molecule has 6 heteroatoms. The molecule has 0 aromatic carbocycles. The molecule has 1 aromatic heterocycles. The largest absolute Gasteiger partial charge is 0.371 e. The predicted molar refractivity (Wildman–Crippen MR) is 66.5 cm³/mol. The molecule has 5 nitrogen and oxygen atoms in total. The first-order valence-corrected chi connectivity index (χ1v) is 7.32. The van der Waals surface area contributed by atoms with Crippen molar-refractivity contribution in [2.45, 2.75) is 24.8 Å². The van der Waals surface area contributed by atoms with Crippen molar-refractivity contribution in [2.75, 3.05) is 24.5 Å². The molecule has 1 N–H and O–H groups in total. The number of hydrogen-bond donors (Lipinski definition) is 1. The van der Waals surface area contributed by atoms with Crippen LogP contribution in [0.4, 0.5) is 5.69 Å². The summed E-state index contributed by atoms with van der Waals surface area (Å²) < 4.78 is 26.1. The van der Waals surface area contributed by atoms with Gasteiger partial charge in [0.15, 0.2) is 5.03 Å². The number of pyridine rings is 1. The Morgan fingerprint density at radius 1 is 1.41 bits per heavy atom. The summed E-state index contributed by atoms with van der Waals surface area (Å²) in [4.78, 5) is 6.11. The third-order valence-electron chi connectivity index (χ3n) is 2.80. The lowest BCUT2D eigenvalue weighted by molar-refractivity contribution is 0.580. The minimum atomic E-state index is -3.45. The van der Waals surface area contributed by atoms with Crippen LogP contribution in [0.5, 0.6) is 0 Å². The molecular formula is C11H17N3O2S. The van der Waals surface area contributed by atoms with Crippen molar-refractivity contribution in [1.82, 2.24) is 9.71 Å². The zero-order chi connectivity index (χ0) is 12.3. The van der Waals surface area contributed by atoms with E-state index in [-0.39, 0.29) is 5.03 Å². The van der Waals surface area contributed by atoms with Gasteiger partial charge in [0, 0.05) is 37.6 Å². The summed E-state index contributed by atoms with van der Waals surface area (Å²) in [6, 6.07) is 3.50. The van der Waals surface area contributed by atoms with E-state index in [2.05, 4.69) is 14.6 Å². The van der Waals surface area contributed by atoms with Crippen molar-refractivity contribution in [1.29, 1.82) is 0 Å². The quantitative estimate of drug-likeness (QED) is 0.871. The molecule has 0 atom stereocenters. The van der Waals surface area contributed by atoms with Crippen LogP contribution in [-0.4, -0.2) is 33.0 Å². The highest BCUT2D eigenvalue weighted by molar-refractivity contribution is 7.89. The molecule has 1 aromatic rings. The van der Waals surface area contributed by atoms with Gasteiger partial charge in [0.2, 0.25) is 0 Å². The maximum Gasteiger partial charge on any atom is 0.258 e. The van der Waals surface area contributed by atoms with Gasteiger partial charge in [-0.25, -0.2) is 18.1 Å². The molecule has 0 unspecified atom stereocenters. The Hall–Kier alpha value is -1.14. The number of anilines is 1. The highest BCUT2D eigenvalue weighted by Crippen LogP contribution is 2.21. The lowest BCUT2D eigenvalue weighted by atomic mass is 10.4. The Morgan fingerprint density at radius 3 is 2.76 bits per heavy atom. The molecule has 2 heterocycles. The minimum absolute atomic E-state index is 0.101. The SMILES string of the molecule is CCNS(=O)(=O)c1cc(N2CCCC2)ccn1. The molecule has 94 valence electrons. The minimum Gasteiger partial charge on any atom is -0.371 e. The Bertz CT molecular complexity index is 481. The van der Waals surface area contributed by atoms with E-state index in [1.165, 1.54) is 0 Å². The van der Waals surface area contributed by atoms with Crippen LogP contribution >= 0.6 is 0 Å². The summed E-state index contributed by atoms with van der Waals surface area (Å²) in [5.74, 6) is 0. The Morgan fingerprint density at radius 2 is 2.12 bits per heavy atom. The predicted octanol–water partition coefficient (Wildman–Crippen LogP) is 0.980. The molecule has 1 saturated heterocycles. The third-order valence-corrected chi connectivity index (χ3v) is 4.24. The summed E-state index contributed by atoms with van der Waals surface area (Å²) in [6.07, 6.45) is 3.88. The second-order valence-electron chi connectivity index (χ2n) is 4.05. The molecular weight excluding hydrogens is 238 g/mol. The first-order valence-electron chi connectivity index (χ1n) is 5.84. The highest BCUT2D eigenvalue weighted by Gasteiger charge is 2.18. The van der Waals surface area contributed by atoms with Crippen LogP contribution in [-0.2, 0) is 10.0 Å². The molecule has 1 aliphatic rings. The van der Waals surface area contributed by atoms with Crippen molar-refractivity contribution in [3.05, 3.63) is 18.3 Å². The molecule has 0 saturated carbocycles. The summed E-state index contributed by atoms with van der Waals surface area (Å²) in [5, 5.41) is 0.101. The van der Waals surface area contributed by atoms with Crippen molar-refractivity contribution in [2.24, 2.45) is 0 Å². The van der Waals surface area contributed by atoms with E-state index in [1.54, 1.807) is 19.2 Å². The second-order valence-corrected chi connectivity index (χ2v) is 5.76. The van der Waals surface area contributed by atoms with Crippen molar-refractivity contribution < 1.29 is 8.42 Å². The van der Waals surface area contributed by atoms with Gasteiger partial charge in [-0.3, -0.25) is 0 Å². The number of rotatable bonds is 4. The van der Waals surface area contributed by atoms with Crippen LogP contribution in [0.3, 0.4) is 0 Å². The normalized spacial score (nSPS) is 16.4. The molecule has 0 amide bonds. The van der Waals surface area contributed by atoms with Crippen LogP contribution < -0.4 is 9.62 Å². The molecule has 1 fully saturated rings. The average molecular weight is 255 g/mol. The van der Waals surface area contributed by atoms with E-state index >= 15 is 0 Å². The summed E-state index contributed by atoms with van der Waals surface area (Å²) in [5.41, 5.74) is 0.939. The van der Waals surface area contributed by atoms with Gasteiger partial charge in [0.05, 0.1) is 0 Å². The van der Waals surface area contributed by atoms with Crippen molar-refractivity contribution >= 4 is 15.7 Å². The second kappa shape index (κ2) is 5.01. The van der Waals surface area contributed by atoms with E-state index in [4.69, 9.17) is 0 Å². The maximum absolute atomic E-state index is 11.8. The van der Waals surface area contributed by atoms with Gasteiger partial charge >= 0.3 is 0 Å². The fraction of sp³-hybridized carbons (Fsp3) is 0.545. The smallest absolute Gasteiger partial charge is 0.258 e. The highest BCUT2D eigenvalue weighted by atomic mass is 32.2. The van der Waals surface area contributed by atoms with Crippen LogP contribution in [0.25, 0.3) is 0 Å². The topological polar surface area (TPSA) is 62.3 Å². The Kier molecular flexibility index (Phi) is 3.63. The fourth-order valence-electron chi connectivity index (χ4n) is 1.98. The molecule has 0 bridgehead atoms. The summed E-state index contributed by atoms with van der Waals surface area (Å²) >= 11 is 0. The standard InChI is InChI=1S/C11H17N3O2S/c1-2-13-17(15,16)11-9-10(5-6-12-11)14-7-3-4-8-14/h5-6,9,13H,2-4,7-8H2,1H3. The number of nitrogens with one attached hydrogen (secondary N) is 1. The van der Waals surface area contributed by atoms with Gasteiger partial charge in [-0.05, 0) is 18.9 Å². The number of hydrogen-bond acceptors (Lipinski definition) is 4. The third kappa shape index (κ3) is 2.76. The Labute approximate surface area is 102 Å². The van der Waals surface area contributed by atoms with E-state index in [0.29, 0.717) is 6.54 Å². The average Bonchev–Trinajstić information content (AvgIpc) is 2.82. The van der Waals surface area contributed by atoms with E-state index in [9.17, 15) is 8.42 Å². The molecule has 0 aliphatic carbocycles. The molecule has 17 heavy (non-hydrogen) atoms. The van der Waals surface area contributed by atoms with Crippen molar-refractivity contribution in [3.8, 4) is 0 Å². The zero-order valence-electron chi connectivity index (χ0n) is 9.89. The van der Waals surface area contributed by atoms with Gasteiger partial charge in [-0.15, -0.1) is 0 Å². The van der Waals surface area contributed by atoms with E-state index in [0.717, 1.165) is 31.6 Å². The zero-order valence-corrected chi connectivity index (χ0v) is 10.7. The lowest BCUT2D eigenvalue weighted by Crippen LogP contribution is -2.25. The van der Waals surface area contributed by atoms with Gasteiger partial charge in [-0.1, -0.05) is 6.92 Å². The molecule has 0 spiro atoms. The fourth-order valence-corrected chi connectivity index (χ4v) is 2.99. The first-order chi connectivity index (χ1) is 8.13. The van der Waals surface area contributed by atoms with Gasteiger partial charge in [0.25, 0.3) is 10.0 Å². The number of sulfonamides is 1. The van der Waals surface area contributed by atoms with E-state index in [1.807, 2.05) is 6.07 Å². The maximum atomic E-state index is 11.8. The first kappa shape index (κ1) is 12.3. The van der Waals surface area contributed by atoms with Gasteiger partial charge in [-0.2, -0.15) is 0 Å². The van der Waals surface area contributed by atoms with Crippen LogP contribution in [0.1, 0.15) is 19.8 Å². The van der Waals surface area contributed by atoms with Gasteiger partial charge < -0.3 is 4.90 Å². The Balaban J connectivity index is 2.28.